The highest BCUT2D eigenvalue weighted by atomic mass is 35.5. The van der Waals surface area contributed by atoms with Crippen molar-refractivity contribution in [3.8, 4) is 5.75 Å². The molecule has 1 fully saturated rings. The average Bonchev–Trinajstić information content (AvgIpc) is 2.70. The van der Waals surface area contributed by atoms with E-state index in [0.29, 0.717) is 22.0 Å². The van der Waals surface area contributed by atoms with Crippen LogP contribution in [0.25, 0.3) is 0 Å². The molecule has 0 bridgehead atoms. The van der Waals surface area contributed by atoms with Gasteiger partial charge in [0, 0.05) is 16.8 Å². The Balaban J connectivity index is 1.61. The number of rotatable bonds is 7. The number of anilines is 1. The molecular formula is C22H27ClN2O4S. The first-order chi connectivity index (χ1) is 14.2. The van der Waals surface area contributed by atoms with Crippen molar-refractivity contribution < 1.29 is 17.9 Å². The Morgan fingerprint density at radius 1 is 1.07 bits per heavy atom. The van der Waals surface area contributed by atoms with Gasteiger partial charge in [-0.1, -0.05) is 36.9 Å². The van der Waals surface area contributed by atoms with Gasteiger partial charge in [0.2, 0.25) is 10.0 Å². The summed E-state index contributed by atoms with van der Waals surface area (Å²) >= 11 is 5.97. The second-order valence-electron chi connectivity index (χ2n) is 7.68. The SMILES string of the molecule is Cc1ccc(Cl)cc1NC(=O)COc1ccc(S(=O)(=O)NC2CCCCC2)cc1C. The van der Waals surface area contributed by atoms with Crippen LogP contribution >= 0.6 is 11.6 Å². The highest BCUT2D eigenvalue weighted by Gasteiger charge is 2.22. The molecule has 0 atom stereocenters. The van der Waals surface area contributed by atoms with Crippen LogP contribution in [0, 0.1) is 13.8 Å². The Morgan fingerprint density at radius 3 is 2.50 bits per heavy atom. The van der Waals surface area contributed by atoms with Crippen molar-refractivity contribution in [2.75, 3.05) is 11.9 Å². The molecule has 1 amide bonds. The second-order valence-corrected chi connectivity index (χ2v) is 9.83. The molecule has 2 N–H and O–H groups in total. The van der Waals surface area contributed by atoms with Gasteiger partial charge >= 0.3 is 0 Å². The van der Waals surface area contributed by atoms with E-state index >= 15 is 0 Å². The number of ether oxygens (including phenoxy) is 1. The van der Waals surface area contributed by atoms with E-state index in [-0.39, 0.29) is 23.5 Å². The largest absolute Gasteiger partial charge is 0.483 e. The fourth-order valence-corrected chi connectivity index (χ4v) is 5.08. The predicted octanol–water partition coefficient (Wildman–Crippen LogP) is 4.59. The summed E-state index contributed by atoms with van der Waals surface area (Å²) in [7, 11) is -3.58. The van der Waals surface area contributed by atoms with Crippen LogP contribution in [0.1, 0.15) is 43.2 Å². The standard InChI is InChI=1S/C22H27ClN2O4S/c1-15-8-9-17(23)13-20(15)24-22(26)14-29-21-11-10-19(12-16(21)2)30(27,28)25-18-6-4-3-5-7-18/h8-13,18,25H,3-7,14H2,1-2H3,(H,24,26). The van der Waals surface area contributed by atoms with E-state index in [1.54, 1.807) is 31.2 Å². The van der Waals surface area contributed by atoms with Gasteiger partial charge < -0.3 is 10.1 Å². The van der Waals surface area contributed by atoms with Crippen molar-refractivity contribution in [3.05, 3.63) is 52.5 Å². The lowest BCUT2D eigenvalue weighted by molar-refractivity contribution is -0.118. The van der Waals surface area contributed by atoms with Gasteiger partial charge in [0.1, 0.15) is 5.75 Å². The number of benzene rings is 2. The summed E-state index contributed by atoms with van der Waals surface area (Å²) in [6.07, 6.45) is 5.01. The molecular weight excluding hydrogens is 424 g/mol. The lowest BCUT2D eigenvalue weighted by Crippen LogP contribution is -2.36. The van der Waals surface area contributed by atoms with Crippen LogP contribution in [-0.2, 0) is 14.8 Å². The first-order valence-electron chi connectivity index (χ1n) is 10.1. The molecule has 2 aromatic carbocycles. The summed E-state index contributed by atoms with van der Waals surface area (Å²) in [4.78, 5) is 12.4. The quantitative estimate of drug-likeness (QED) is 0.646. The minimum Gasteiger partial charge on any atom is -0.483 e. The summed E-state index contributed by atoms with van der Waals surface area (Å²) in [6.45, 7) is 3.44. The third-order valence-electron chi connectivity index (χ3n) is 5.22. The molecule has 0 aromatic heterocycles. The minimum atomic E-state index is -3.58. The van der Waals surface area contributed by atoms with Crippen molar-refractivity contribution in [1.29, 1.82) is 0 Å². The van der Waals surface area contributed by atoms with Gasteiger partial charge in [-0.05, 0) is 68.1 Å². The van der Waals surface area contributed by atoms with E-state index in [2.05, 4.69) is 10.0 Å². The molecule has 0 heterocycles. The van der Waals surface area contributed by atoms with Crippen LogP contribution in [0.15, 0.2) is 41.3 Å². The van der Waals surface area contributed by atoms with Gasteiger partial charge in [-0.2, -0.15) is 0 Å². The molecule has 1 aliphatic rings. The molecule has 0 aliphatic heterocycles. The number of hydrogen-bond acceptors (Lipinski definition) is 4. The van der Waals surface area contributed by atoms with E-state index in [1.165, 1.54) is 6.07 Å². The number of aryl methyl sites for hydroxylation is 2. The van der Waals surface area contributed by atoms with Crippen LogP contribution in [0.3, 0.4) is 0 Å². The monoisotopic (exact) mass is 450 g/mol. The van der Waals surface area contributed by atoms with Gasteiger partial charge in [0.15, 0.2) is 6.61 Å². The lowest BCUT2D eigenvalue weighted by Gasteiger charge is -2.22. The Labute approximate surface area is 183 Å². The normalized spacial score (nSPS) is 15.0. The zero-order valence-electron chi connectivity index (χ0n) is 17.2. The number of hydrogen-bond donors (Lipinski definition) is 2. The zero-order valence-corrected chi connectivity index (χ0v) is 18.8. The van der Waals surface area contributed by atoms with Gasteiger partial charge in [0.05, 0.1) is 4.90 Å². The van der Waals surface area contributed by atoms with Crippen LogP contribution < -0.4 is 14.8 Å². The maximum absolute atomic E-state index is 12.7. The smallest absolute Gasteiger partial charge is 0.262 e. The highest BCUT2D eigenvalue weighted by molar-refractivity contribution is 7.89. The Hall–Kier alpha value is -2.09. The molecule has 1 aliphatic carbocycles. The molecule has 8 heteroatoms. The van der Waals surface area contributed by atoms with Gasteiger partial charge in [-0.15, -0.1) is 0 Å². The molecule has 0 radical (unpaired) electrons. The maximum atomic E-state index is 12.7. The lowest BCUT2D eigenvalue weighted by atomic mass is 9.96. The third-order valence-corrected chi connectivity index (χ3v) is 6.97. The number of nitrogens with one attached hydrogen (secondary N) is 2. The third kappa shape index (κ3) is 5.97. The summed E-state index contributed by atoms with van der Waals surface area (Å²) in [6, 6.07) is 9.92. The Kier molecular flexibility index (Phi) is 7.39. The Morgan fingerprint density at radius 2 is 1.80 bits per heavy atom. The van der Waals surface area contributed by atoms with Gasteiger partial charge in [-0.25, -0.2) is 13.1 Å². The fourth-order valence-electron chi connectivity index (χ4n) is 3.52. The first kappa shape index (κ1) is 22.6. The second kappa shape index (κ2) is 9.81. The maximum Gasteiger partial charge on any atom is 0.262 e. The topological polar surface area (TPSA) is 84.5 Å². The average molecular weight is 451 g/mol. The van der Waals surface area contributed by atoms with Crippen molar-refractivity contribution >= 4 is 33.2 Å². The first-order valence-corrected chi connectivity index (χ1v) is 11.9. The fraction of sp³-hybridized carbons (Fsp3) is 0.409. The van der Waals surface area contributed by atoms with Crippen molar-refractivity contribution in [1.82, 2.24) is 4.72 Å². The number of halogens is 1. The molecule has 0 saturated heterocycles. The number of carbonyl (C=O) groups excluding carboxylic acids is 1. The van der Waals surface area contributed by atoms with Crippen molar-refractivity contribution in [3.63, 3.8) is 0 Å². The Bertz CT molecular complexity index is 1020. The van der Waals surface area contributed by atoms with Crippen LogP contribution in [-0.4, -0.2) is 27.0 Å². The zero-order chi connectivity index (χ0) is 21.7. The number of carbonyl (C=O) groups is 1. The van der Waals surface area contributed by atoms with E-state index in [0.717, 1.165) is 37.7 Å². The van der Waals surface area contributed by atoms with Crippen molar-refractivity contribution in [2.24, 2.45) is 0 Å². The molecule has 6 nitrogen and oxygen atoms in total. The van der Waals surface area contributed by atoms with Crippen LogP contribution in [0.2, 0.25) is 5.02 Å². The minimum absolute atomic E-state index is 0.00127. The molecule has 162 valence electrons. The number of sulfonamides is 1. The van der Waals surface area contributed by atoms with Crippen molar-refractivity contribution in [2.45, 2.75) is 56.9 Å². The van der Waals surface area contributed by atoms with Gasteiger partial charge in [-0.3, -0.25) is 4.79 Å². The summed E-state index contributed by atoms with van der Waals surface area (Å²) in [5.74, 6) is 0.139. The summed E-state index contributed by atoms with van der Waals surface area (Å²) in [5, 5.41) is 3.30. The molecule has 3 rings (SSSR count). The molecule has 30 heavy (non-hydrogen) atoms. The molecule has 0 spiro atoms. The summed E-state index contributed by atoms with van der Waals surface area (Å²) < 4.78 is 33.7. The van der Waals surface area contributed by atoms with E-state index in [9.17, 15) is 13.2 Å². The van der Waals surface area contributed by atoms with E-state index < -0.39 is 10.0 Å². The van der Waals surface area contributed by atoms with E-state index in [1.807, 2.05) is 13.0 Å². The summed E-state index contributed by atoms with van der Waals surface area (Å²) in [5.41, 5.74) is 2.17. The van der Waals surface area contributed by atoms with Crippen LogP contribution in [0.4, 0.5) is 5.69 Å². The van der Waals surface area contributed by atoms with Gasteiger partial charge in [0.25, 0.3) is 5.91 Å². The van der Waals surface area contributed by atoms with Crippen LogP contribution in [0.5, 0.6) is 5.75 Å². The molecule has 0 unspecified atom stereocenters. The molecule has 1 saturated carbocycles. The molecule has 2 aromatic rings. The highest BCUT2D eigenvalue weighted by Crippen LogP contribution is 2.24. The number of amides is 1. The van der Waals surface area contributed by atoms with E-state index in [4.69, 9.17) is 16.3 Å². The predicted molar refractivity (Wildman–Crippen MR) is 119 cm³/mol.